The van der Waals surface area contributed by atoms with E-state index in [0.29, 0.717) is 10.8 Å². The number of pyridine rings is 1. The van der Waals surface area contributed by atoms with Crippen molar-refractivity contribution in [2.24, 2.45) is 0 Å². The Morgan fingerprint density at radius 2 is 2.20 bits per heavy atom. The molecular weight excluding hydrogens is 216 g/mol. The molecule has 0 atom stereocenters. The average molecular weight is 223 g/mol. The number of imidazole rings is 1. The van der Waals surface area contributed by atoms with E-state index in [2.05, 4.69) is 9.97 Å². The number of hydrogen-bond acceptors (Lipinski definition) is 4. The van der Waals surface area contributed by atoms with Crippen molar-refractivity contribution in [3.63, 3.8) is 0 Å². The molecule has 0 saturated carbocycles. The van der Waals surface area contributed by atoms with Gasteiger partial charge in [0.25, 0.3) is 0 Å². The van der Waals surface area contributed by atoms with Crippen LogP contribution in [-0.2, 0) is 0 Å². The Labute approximate surface area is 91.1 Å². The molecule has 0 aliphatic heterocycles. The van der Waals surface area contributed by atoms with Crippen LogP contribution >= 0.6 is 11.6 Å². The first-order valence-electron chi connectivity index (χ1n) is 4.18. The molecule has 0 bridgehead atoms. The number of rotatable bonds is 2. The third-order valence-electron chi connectivity index (χ3n) is 1.89. The lowest BCUT2D eigenvalue weighted by molar-refractivity contribution is 0.425. The van der Waals surface area contributed by atoms with Crippen molar-refractivity contribution in [2.75, 3.05) is 0 Å². The van der Waals surface area contributed by atoms with Crippen molar-refractivity contribution in [1.29, 1.82) is 0 Å². The Bertz CT molecular complexity index is 461. The molecule has 2 aromatic heterocycles. The molecule has 2 rings (SSSR count). The molecule has 7 heteroatoms. The zero-order valence-electron chi connectivity index (χ0n) is 7.58. The van der Waals surface area contributed by atoms with Crippen LogP contribution in [0.15, 0.2) is 31.0 Å². The zero-order chi connectivity index (χ0) is 10.8. The number of halogens is 1. The SMILES string of the molecule is OB(O)c1cnc(-n2ccnc2)c(Cl)c1. The molecule has 0 spiro atoms. The summed E-state index contributed by atoms with van der Waals surface area (Å²) in [5.41, 5.74) is 0.254. The lowest BCUT2D eigenvalue weighted by Crippen LogP contribution is -2.30. The van der Waals surface area contributed by atoms with Crippen molar-refractivity contribution < 1.29 is 10.0 Å². The molecular formula is C8H7BClN3O2. The maximum Gasteiger partial charge on any atom is 0.490 e. The van der Waals surface area contributed by atoms with Crippen molar-refractivity contribution in [1.82, 2.24) is 14.5 Å². The first kappa shape index (κ1) is 10.2. The second kappa shape index (κ2) is 4.02. The van der Waals surface area contributed by atoms with Gasteiger partial charge >= 0.3 is 7.12 Å². The molecule has 2 heterocycles. The minimum atomic E-state index is -1.56. The Morgan fingerprint density at radius 3 is 2.73 bits per heavy atom. The van der Waals surface area contributed by atoms with E-state index < -0.39 is 7.12 Å². The van der Waals surface area contributed by atoms with Crippen LogP contribution in [0, 0.1) is 0 Å². The van der Waals surface area contributed by atoms with Gasteiger partial charge < -0.3 is 10.0 Å². The largest absolute Gasteiger partial charge is 0.490 e. The molecule has 0 aromatic carbocycles. The summed E-state index contributed by atoms with van der Waals surface area (Å²) in [7, 11) is -1.56. The Morgan fingerprint density at radius 1 is 1.40 bits per heavy atom. The lowest BCUT2D eigenvalue weighted by atomic mass is 9.82. The summed E-state index contributed by atoms with van der Waals surface area (Å²) in [5, 5.41) is 18.1. The van der Waals surface area contributed by atoms with Crippen molar-refractivity contribution in [2.45, 2.75) is 0 Å². The Balaban J connectivity index is 2.44. The van der Waals surface area contributed by atoms with Crippen LogP contribution in [0.2, 0.25) is 5.02 Å². The summed E-state index contributed by atoms with van der Waals surface area (Å²) in [6.07, 6.45) is 6.21. The highest BCUT2D eigenvalue weighted by atomic mass is 35.5. The minimum Gasteiger partial charge on any atom is -0.423 e. The third kappa shape index (κ3) is 2.01. The van der Waals surface area contributed by atoms with Gasteiger partial charge in [0.05, 0.1) is 5.02 Å². The van der Waals surface area contributed by atoms with E-state index in [1.165, 1.54) is 12.3 Å². The van der Waals surface area contributed by atoms with Crippen LogP contribution in [0.1, 0.15) is 0 Å². The van der Waals surface area contributed by atoms with Gasteiger partial charge in [0.1, 0.15) is 6.33 Å². The maximum absolute atomic E-state index is 8.91. The zero-order valence-corrected chi connectivity index (χ0v) is 8.33. The fraction of sp³-hybridized carbons (Fsp3) is 0. The molecule has 0 amide bonds. The van der Waals surface area contributed by atoms with Gasteiger partial charge in [0, 0.05) is 24.1 Å². The average Bonchev–Trinajstić information content (AvgIpc) is 2.70. The summed E-state index contributed by atoms with van der Waals surface area (Å²) < 4.78 is 1.63. The normalized spacial score (nSPS) is 10.3. The van der Waals surface area contributed by atoms with Gasteiger partial charge in [-0.2, -0.15) is 0 Å². The van der Waals surface area contributed by atoms with Gasteiger partial charge in [-0.1, -0.05) is 11.6 Å². The summed E-state index contributed by atoms with van der Waals surface area (Å²) in [5.74, 6) is 0.499. The first-order chi connectivity index (χ1) is 7.18. The van der Waals surface area contributed by atoms with Crippen molar-refractivity contribution in [3.8, 4) is 5.82 Å². The molecule has 0 radical (unpaired) electrons. The van der Waals surface area contributed by atoms with Crippen molar-refractivity contribution >= 4 is 24.2 Å². The van der Waals surface area contributed by atoms with Crippen LogP contribution in [0.3, 0.4) is 0 Å². The highest BCUT2D eigenvalue weighted by molar-refractivity contribution is 6.58. The highest BCUT2D eigenvalue weighted by Gasteiger charge is 2.14. The van der Waals surface area contributed by atoms with E-state index in [9.17, 15) is 0 Å². The van der Waals surface area contributed by atoms with Crippen molar-refractivity contribution in [3.05, 3.63) is 36.0 Å². The van der Waals surface area contributed by atoms with Gasteiger partial charge in [-0.3, -0.25) is 4.57 Å². The smallest absolute Gasteiger partial charge is 0.423 e. The van der Waals surface area contributed by atoms with Crippen LogP contribution in [-0.4, -0.2) is 31.7 Å². The van der Waals surface area contributed by atoms with E-state index in [-0.39, 0.29) is 5.46 Å². The molecule has 0 fully saturated rings. The molecule has 0 unspecified atom stereocenters. The van der Waals surface area contributed by atoms with E-state index in [4.69, 9.17) is 21.6 Å². The Kier molecular flexibility index (Phi) is 2.72. The van der Waals surface area contributed by atoms with E-state index >= 15 is 0 Å². The van der Waals surface area contributed by atoms with Gasteiger partial charge in [0.15, 0.2) is 5.82 Å². The second-order valence-electron chi connectivity index (χ2n) is 2.92. The first-order valence-corrected chi connectivity index (χ1v) is 4.56. The quantitative estimate of drug-likeness (QED) is 0.680. The van der Waals surface area contributed by atoms with Crippen LogP contribution in [0.25, 0.3) is 5.82 Å². The Hall–Kier alpha value is -1.37. The lowest BCUT2D eigenvalue weighted by Gasteiger charge is -2.05. The summed E-state index contributed by atoms with van der Waals surface area (Å²) in [4.78, 5) is 7.88. The molecule has 0 aliphatic rings. The molecule has 0 aliphatic carbocycles. The standard InChI is InChI=1S/C8H7BClN3O2/c10-7-3-6(9(14)15)4-12-8(7)13-2-1-11-5-13/h1-5,14-15H. The second-order valence-corrected chi connectivity index (χ2v) is 3.32. The predicted octanol–water partition coefficient (Wildman–Crippen LogP) is -0.400. The van der Waals surface area contributed by atoms with E-state index in [1.54, 1.807) is 23.3 Å². The third-order valence-corrected chi connectivity index (χ3v) is 2.17. The van der Waals surface area contributed by atoms with E-state index in [0.717, 1.165) is 0 Å². The number of hydrogen-bond donors (Lipinski definition) is 2. The van der Waals surface area contributed by atoms with Crippen LogP contribution in [0.4, 0.5) is 0 Å². The summed E-state index contributed by atoms with van der Waals surface area (Å²) in [6, 6.07) is 1.45. The van der Waals surface area contributed by atoms with Gasteiger partial charge in [0.2, 0.25) is 0 Å². The molecule has 5 nitrogen and oxygen atoms in total. The van der Waals surface area contributed by atoms with Gasteiger partial charge in [-0.05, 0) is 6.07 Å². The topological polar surface area (TPSA) is 71.2 Å². The molecule has 0 saturated heterocycles. The molecule has 2 aromatic rings. The van der Waals surface area contributed by atoms with Gasteiger partial charge in [-0.25, -0.2) is 9.97 Å². The monoisotopic (exact) mass is 223 g/mol. The summed E-state index contributed by atoms with van der Waals surface area (Å²) >= 11 is 5.93. The number of aromatic nitrogens is 3. The van der Waals surface area contributed by atoms with E-state index in [1.807, 2.05) is 0 Å². The maximum atomic E-state index is 8.91. The molecule has 2 N–H and O–H groups in total. The molecule has 76 valence electrons. The minimum absolute atomic E-state index is 0.254. The van der Waals surface area contributed by atoms with Crippen LogP contribution < -0.4 is 5.46 Å². The predicted molar refractivity (Wildman–Crippen MR) is 56.2 cm³/mol. The number of nitrogens with zero attached hydrogens (tertiary/aromatic N) is 3. The van der Waals surface area contributed by atoms with Gasteiger partial charge in [-0.15, -0.1) is 0 Å². The fourth-order valence-electron chi connectivity index (χ4n) is 1.16. The van der Waals surface area contributed by atoms with Crippen LogP contribution in [0.5, 0.6) is 0 Å². The summed E-state index contributed by atoms with van der Waals surface area (Å²) in [6.45, 7) is 0. The fourth-order valence-corrected chi connectivity index (χ4v) is 1.43. The highest BCUT2D eigenvalue weighted by Crippen LogP contribution is 2.15. The molecule has 15 heavy (non-hydrogen) atoms.